The summed E-state index contributed by atoms with van der Waals surface area (Å²) in [6.45, 7) is 0.328. The van der Waals surface area contributed by atoms with Crippen molar-refractivity contribution in [1.29, 1.82) is 0 Å². The van der Waals surface area contributed by atoms with Crippen LogP contribution in [-0.2, 0) is 6.18 Å². The zero-order chi connectivity index (χ0) is 22.1. The first kappa shape index (κ1) is 22.2. The molecule has 1 saturated heterocycles. The summed E-state index contributed by atoms with van der Waals surface area (Å²) in [6.07, 6.45) is -5.46. The fraction of sp³-hybridized carbons (Fsp3) is 0.300. The Balaban J connectivity index is 1.85. The number of halogens is 5. The Bertz CT molecular complexity index is 951. The summed E-state index contributed by atoms with van der Waals surface area (Å²) in [5, 5.41) is 12.1. The van der Waals surface area contributed by atoms with Crippen molar-refractivity contribution < 1.29 is 27.9 Å². The summed E-state index contributed by atoms with van der Waals surface area (Å²) >= 11 is 11.5. The van der Waals surface area contributed by atoms with Crippen molar-refractivity contribution in [2.75, 3.05) is 13.1 Å². The van der Waals surface area contributed by atoms with E-state index in [-0.39, 0.29) is 24.6 Å². The average molecular weight is 461 g/mol. The van der Waals surface area contributed by atoms with Gasteiger partial charge in [-0.15, -0.1) is 0 Å². The molecule has 1 heterocycles. The first-order chi connectivity index (χ1) is 14.1. The van der Waals surface area contributed by atoms with E-state index in [1.165, 1.54) is 11.0 Å². The number of piperidine rings is 1. The Kier molecular flexibility index (Phi) is 6.47. The van der Waals surface area contributed by atoms with Gasteiger partial charge in [-0.05, 0) is 42.3 Å². The van der Waals surface area contributed by atoms with E-state index in [2.05, 4.69) is 5.32 Å². The van der Waals surface area contributed by atoms with Crippen molar-refractivity contribution in [2.45, 2.75) is 24.6 Å². The van der Waals surface area contributed by atoms with Crippen molar-refractivity contribution in [1.82, 2.24) is 10.2 Å². The van der Waals surface area contributed by atoms with Crippen molar-refractivity contribution >= 4 is 35.2 Å². The van der Waals surface area contributed by atoms with Gasteiger partial charge in [0.1, 0.15) is 0 Å². The molecule has 1 fully saturated rings. The van der Waals surface area contributed by atoms with E-state index in [0.29, 0.717) is 17.5 Å². The summed E-state index contributed by atoms with van der Waals surface area (Å²) < 4.78 is 39.3. The molecule has 2 aromatic carbocycles. The zero-order valence-corrected chi connectivity index (χ0v) is 16.9. The fourth-order valence-corrected chi connectivity index (χ4v) is 3.83. The lowest BCUT2D eigenvalue weighted by Gasteiger charge is -2.38. The second kappa shape index (κ2) is 8.73. The number of alkyl halides is 3. The van der Waals surface area contributed by atoms with Crippen molar-refractivity contribution in [3.63, 3.8) is 0 Å². The molecular formula is C20H17Cl2F3N2O3. The first-order valence-electron chi connectivity index (χ1n) is 8.97. The van der Waals surface area contributed by atoms with Gasteiger partial charge in [0.25, 0.3) is 5.91 Å². The third-order valence-corrected chi connectivity index (χ3v) is 5.61. The van der Waals surface area contributed by atoms with Gasteiger partial charge in [0, 0.05) is 35.6 Å². The molecular weight excluding hydrogens is 444 g/mol. The highest BCUT2D eigenvalue weighted by atomic mass is 35.5. The summed E-state index contributed by atoms with van der Waals surface area (Å²) in [6, 6.07) is 9.28. The molecule has 1 aliphatic heterocycles. The third kappa shape index (κ3) is 4.99. The van der Waals surface area contributed by atoms with Gasteiger partial charge in [0.05, 0.1) is 10.6 Å². The Labute approximate surface area is 180 Å². The monoisotopic (exact) mass is 460 g/mol. The maximum atomic E-state index is 13.1. The van der Waals surface area contributed by atoms with E-state index < -0.39 is 34.8 Å². The standard InChI is InChI=1S/C20H17Cl2F3N2O3/c21-13-4-1-11(2-5-13)14-10-27(19(29)30)8-7-17(14)26-18(28)12-3-6-16(22)15(9-12)20(23,24)25/h1-6,9,14,17H,7-8,10H2,(H,26,28)(H,29,30)/t14-,17+/m0/s1. The molecule has 3 rings (SSSR count). The molecule has 2 N–H and O–H groups in total. The summed E-state index contributed by atoms with van der Waals surface area (Å²) in [5.74, 6) is -1.07. The number of hydrogen-bond donors (Lipinski definition) is 2. The largest absolute Gasteiger partial charge is 0.465 e. The molecule has 0 saturated carbocycles. The minimum atomic E-state index is -4.69. The van der Waals surface area contributed by atoms with E-state index >= 15 is 0 Å². The van der Waals surface area contributed by atoms with Gasteiger partial charge < -0.3 is 15.3 Å². The number of carbonyl (C=O) groups is 2. The number of amides is 2. The lowest BCUT2D eigenvalue weighted by atomic mass is 9.86. The first-order valence-corrected chi connectivity index (χ1v) is 9.73. The van der Waals surface area contributed by atoms with Crippen molar-refractivity contribution in [3.05, 3.63) is 69.2 Å². The number of hydrogen-bond acceptors (Lipinski definition) is 2. The highest BCUT2D eigenvalue weighted by Crippen LogP contribution is 2.35. The van der Waals surface area contributed by atoms with E-state index in [4.69, 9.17) is 23.2 Å². The van der Waals surface area contributed by atoms with Gasteiger partial charge in [-0.1, -0.05) is 35.3 Å². The van der Waals surface area contributed by atoms with Crippen LogP contribution in [0.1, 0.15) is 33.8 Å². The molecule has 30 heavy (non-hydrogen) atoms. The van der Waals surface area contributed by atoms with Gasteiger partial charge in [-0.2, -0.15) is 13.2 Å². The van der Waals surface area contributed by atoms with Gasteiger partial charge >= 0.3 is 12.3 Å². The van der Waals surface area contributed by atoms with Crippen LogP contribution in [0.2, 0.25) is 10.0 Å². The normalized spacial score (nSPS) is 19.4. The van der Waals surface area contributed by atoms with Crippen LogP contribution in [0.4, 0.5) is 18.0 Å². The van der Waals surface area contributed by atoms with Crippen LogP contribution >= 0.6 is 23.2 Å². The maximum Gasteiger partial charge on any atom is 0.417 e. The lowest BCUT2D eigenvalue weighted by Crippen LogP contribution is -2.51. The number of benzene rings is 2. The Morgan fingerprint density at radius 3 is 2.37 bits per heavy atom. The van der Waals surface area contributed by atoms with Gasteiger partial charge in [0.2, 0.25) is 0 Å². The maximum absolute atomic E-state index is 13.1. The van der Waals surface area contributed by atoms with Gasteiger partial charge in [-0.25, -0.2) is 4.79 Å². The van der Waals surface area contributed by atoms with Crippen molar-refractivity contribution in [3.8, 4) is 0 Å². The van der Waals surface area contributed by atoms with E-state index in [1.54, 1.807) is 24.3 Å². The van der Waals surface area contributed by atoms with Crippen LogP contribution in [0.3, 0.4) is 0 Å². The number of rotatable bonds is 3. The molecule has 0 aromatic heterocycles. The molecule has 1 aliphatic rings. The lowest BCUT2D eigenvalue weighted by molar-refractivity contribution is -0.137. The second-order valence-corrected chi connectivity index (χ2v) is 7.79. The Hall–Kier alpha value is -2.45. The second-order valence-electron chi connectivity index (χ2n) is 6.95. The molecule has 10 heteroatoms. The predicted molar refractivity (Wildman–Crippen MR) is 106 cm³/mol. The van der Waals surface area contributed by atoms with Crippen LogP contribution < -0.4 is 5.32 Å². The van der Waals surface area contributed by atoms with Crippen molar-refractivity contribution in [2.24, 2.45) is 0 Å². The average Bonchev–Trinajstić information content (AvgIpc) is 2.68. The minimum Gasteiger partial charge on any atom is -0.465 e. The Morgan fingerprint density at radius 1 is 1.10 bits per heavy atom. The molecule has 0 aliphatic carbocycles. The highest BCUT2D eigenvalue weighted by Gasteiger charge is 2.36. The summed E-state index contributed by atoms with van der Waals surface area (Å²) in [7, 11) is 0. The van der Waals surface area contributed by atoms with E-state index in [0.717, 1.165) is 11.6 Å². The highest BCUT2D eigenvalue weighted by molar-refractivity contribution is 6.31. The molecule has 2 atom stereocenters. The van der Waals surface area contributed by atoms with Crippen LogP contribution in [0, 0.1) is 0 Å². The molecule has 2 amide bonds. The molecule has 0 unspecified atom stereocenters. The smallest absolute Gasteiger partial charge is 0.417 e. The SMILES string of the molecule is O=C(N[C@@H]1CCN(C(=O)O)C[C@H]1c1ccc(Cl)cc1)c1ccc(Cl)c(C(F)(F)F)c1. The predicted octanol–water partition coefficient (Wildman–Crippen LogP) is 5.28. The topological polar surface area (TPSA) is 69.6 Å². The zero-order valence-electron chi connectivity index (χ0n) is 15.4. The molecule has 0 radical (unpaired) electrons. The molecule has 0 bridgehead atoms. The van der Waals surface area contributed by atoms with Gasteiger partial charge in [0.15, 0.2) is 0 Å². The summed E-state index contributed by atoms with van der Waals surface area (Å²) in [4.78, 5) is 25.3. The quantitative estimate of drug-likeness (QED) is 0.654. The minimum absolute atomic E-state index is 0.135. The van der Waals surface area contributed by atoms with Crippen LogP contribution in [0.15, 0.2) is 42.5 Å². The van der Waals surface area contributed by atoms with E-state index in [1.807, 2.05) is 0 Å². The molecule has 5 nitrogen and oxygen atoms in total. The summed E-state index contributed by atoms with van der Waals surface area (Å²) in [5.41, 5.74) is -0.503. The number of carboxylic acid groups (broad SMARTS) is 1. The molecule has 0 spiro atoms. The third-order valence-electron chi connectivity index (χ3n) is 5.03. The van der Waals surface area contributed by atoms with Crippen LogP contribution in [0.5, 0.6) is 0 Å². The number of nitrogens with zero attached hydrogens (tertiary/aromatic N) is 1. The van der Waals surface area contributed by atoms with Gasteiger partial charge in [-0.3, -0.25) is 4.79 Å². The fourth-order valence-electron chi connectivity index (χ4n) is 3.48. The van der Waals surface area contributed by atoms with Crippen LogP contribution in [-0.4, -0.2) is 41.1 Å². The number of carbonyl (C=O) groups excluding carboxylic acids is 1. The van der Waals surface area contributed by atoms with Crippen LogP contribution in [0.25, 0.3) is 0 Å². The number of nitrogens with one attached hydrogen (secondary N) is 1. The number of likely N-dealkylation sites (tertiary alicyclic amines) is 1. The van der Waals surface area contributed by atoms with E-state index in [9.17, 15) is 27.9 Å². The molecule has 160 valence electrons. The molecule has 2 aromatic rings. The Morgan fingerprint density at radius 2 is 1.77 bits per heavy atom.